The zero-order chi connectivity index (χ0) is 22.0. The summed E-state index contributed by atoms with van der Waals surface area (Å²) in [6.07, 6.45) is 6.94. The van der Waals surface area contributed by atoms with Gasteiger partial charge in [0, 0.05) is 65.2 Å². The van der Waals surface area contributed by atoms with E-state index in [0.717, 1.165) is 39.2 Å². The number of pyridine rings is 4. The maximum Gasteiger partial charge on any atom is 0.255 e. The van der Waals surface area contributed by atoms with Crippen molar-refractivity contribution in [1.29, 1.82) is 0 Å². The molecule has 4 heterocycles. The SMILES string of the molecule is CNc1cc2ncc(-c3cc(NC(=O)c4ccnc(C(C)C)c4)cnc3C)cc2cn1. The molecular weight excluding hydrogens is 388 g/mol. The predicted octanol–water partition coefficient (Wildman–Crippen LogP) is 4.81. The monoisotopic (exact) mass is 412 g/mol. The molecule has 0 radical (unpaired) electrons. The van der Waals surface area contributed by atoms with Crippen LogP contribution in [0.2, 0.25) is 0 Å². The van der Waals surface area contributed by atoms with Crippen LogP contribution in [0.4, 0.5) is 11.5 Å². The van der Waals surface area contributed by atoms with Gasteiger partial charge in [0.05, 0.1) is 17.4 Å². The van der Waals surface area contributed by atoms with Crippen molar-refractivity contribution in [2.75, 3.05) is 17.7 Å². The lowest BCUT2D eigenvalue weighted by atomic mass is 10.0. The molecule has 0 saturated carbocycles. The third-order valence-electron chi connectivity index (χ3n) is 5.11. The molecule has 0 atom stereocenters. The molecule has 4 rings (SSSR count). The van der Waals surface area contributed by atoms with Gasteiger partial charge in [-0.15, -0.1) is 0 Å². The Balaban J connectivity index is 1.63. The Morgan fingerprint density at radius 3 is 2.58 bits per heavy atom. The summed E-state index contributed by atoms with van der Waals surface area (Å²) in [5.41, 5.74) is 5.60. The number of nitrogens with one attached hydrogen (secondary N) is 2. The van der Waals surface area contributed by atoms with Crippen molar-refractivity contribution in [2.24, 2.45) is 0 Å². The van der Waals surface area contributed by atoms with Crippen LogP contribution in [0.5, 0.6) is 0 Å². The van der Waals surface area contributed by atoms with Gasteiger partial charge in [0.2, 0.25) is 0 Å². The van der Waals surface area contributed by atoms with Crippen LogP contribution in [0, 0.1) is 6.92 Å². The predicted molar refractivity (Wildman–Crippen MR) is 123 cm³/mol. The lowest BCUT2D eigenvalue weighted by Crippen LogP contribution is -2.13. The number of carbonyl (C=O) groups is 1. The molecule has 7 heteroatoms. The zero-order valence-electron chi connectivity index (χ0n) is 18.0. The first kappa shape index (κ1) is 20.4. The second-order valence-corrected chi connectivity index (χ2v) is 7.67. The molecule has 0 aliphatic rings. The number of hydrogen-bond acceptors (Lipinski definition) is 6. The van der Waals surface area contributed by atoms with Gasteiger partial charge in [-0.05, 0) is 37.1 Å². The van der Waals surface area contributed by atoms with E-state index in [4.69, 9.17) is 0 Å². The summed E-state index contributed by atoms with van der Waals surface area (Å²) in [7, 11) is 1.83. The normalized spacial score (nSPS) is 11.0. The van der Waals surface area contributed by atoms with E-state index in [0.29, 0.717) is 11.3 Å². The Labute approximate surface area is 181 Å². The minimum atomic E-state index is -0.193. The Morgan fingerprint density at radius 1 is 0.968 bits per heavy atom. The van der Waals surface area contributed by atoms with Crippen LogP contribution in [0.25, 0.3) is 22.0 Å². The first-order valence-electron chi connectivity index (χ1n) is 10.1. The minimum absolute atomic E-state index is 0.193. The maximum absolute atomic E-state index is 12.8. The maximum atomic E-state index is 12.8. The van der Waals surface area contributed by atoms with Crippen molar-refractivity contribution < 1.29 is 4.79 Å². The third-order valence-corrected chi connectivity index (χ3v) is 5.11. The Hall–Kier alpha value is -3.87. The van der Waals surface area contributed by atoms with Gasteiger partial charge in [-0.25, -0.2) is 4.98 Å². The van der Waals surface area contributed by atoms with E-state index in [1.165, 1.54) is 0 Å². The van der Waals surface area contributed by atoms with E-state index in [1.807, 2.05) is 58.3 Å². The van der Waals surface area contributed by atoms with Gasteiger partial charge in [0.15, 0.2) is 0 Å². The van der Waals surface area contributed by atoms with Gasteiger partial charge in [0.25, 0.3) is 5.91 Å². The highest BCUT2D eigenvalue weighted by molar-refractivity contribution is 6.04. The Bertz CT molecular complexity index is 1270. The first-order chi connectivity index (χ1) is 14.9. The molecule has 4 aromatic heterocycles. The van der Waals surface area contributed by atoms with Gasteiger partial charge in [-0.2, -0.15) is 0 Å². The lowest BCUT2D eigenvalue weighted by Gasteiger charge is -2.11. The third kappa shape index (κ3) is 4.35. The van der Waals surface area contributed by atoms with Gasteiger partial charge < -0.3 is 10.6 Å². The van der Waals surface area contributed by atoms with Crippen molar-refractivity contribution in [2.45, 2.75) is 26.7 Å². The summed E-state index contributed by atoms with van der Waals surface area (Å²) in [5, 5.41) is 6.90. The van der Waals surface area contributed by atoms with E-state index in [-0.39, 0.29) is 11.8 Å². The second-order valence-electron chi connectivity index (χ2n) is 7.67. The fraction of sp³-hybridized carbons (Fsp3) is 0.208. The Kier molecular flexibility index (Phi) is 5.58. The quantitative estimate of drug-likeness (QED) is 0.488. The first-order valence-corrected chi connectivity index (χ1v) is 10.1. The van der Waals surface area contributed by atoms with Gasteiger partial charge >= 0.3 is 0 Å². The summed E-state index contributed by atoms with van der Waals surface area (Å²) in [6.45, 7) is 6.03. The van der Waals surface area contributed by atoms with E-state index in [2.05, 4.69) is 30.6 Å². The molecule has 0 aromatic carbocycles. The average Bonchev–Trinajstić information content (AvgIpc) is 2.79. The van der Waals surface area contributed by atoms with E-state index in [1.54, 1.807) is 24.7 Å². The molecule has 0 aliphatic heterocycles. The van der Waals surface area contributed by atoms with Crippen molar-refractivity contribution in [3.8, 4) is 11.1 Å². The molecule has 2 N–H and O–H groups in total. The van der Waals surface area contributed by atoms with Gasteiger partial charge in [-0.1, -0.05) is 13.8 Å². The Morgan fingerprint density at radius 2 is 1.81 bits per heavy atom. The number of aryl methyl sites for hydroxylation is 1. The number of fused-ring (bicyclic) bond motifs is 1. The molecule has 156 valence electrons. The fourth-order valence-corrected chi connectivity index (χ4v) is 3.31. The fourth-order valence-electron chi connectivity index (χ4n) is 3.31. The molecule has 0 unspecified atom stereocenters. The zero-order valence-corrected chi connectivity index (χ0v) is 18.0. The number of nitrogens with zero attached hydrogens (tertiary/aromatic N) is 4. The molecular formula is C24H24N6O. The molecule has 0 aliphatic carbocycles. The van der Waals surface area contributed by atoms with Crippen molar-refractivity contribution >= 4 is 28.3 Å². The molecule has 1 amide bonds. The van der Waals surface area contributed by atoms with Crippen molar-refractivity contribution in [1.82, 2.24) is 19.9 Å². The largest absolute Gasteiger partial charge is 0.373 e. The second kappa shape index (κ2) is 8.47. The molecule has 0 fully saturated rings. The number of amides is 1. The highest BCUT2D eigenvalue weighted by atomic mass is 16.1. The molecule has 0 saturated heterocycles. The van der Waals surface area contributed by atoms with Crippen LogP contribution >= 0.6 is 0 Å². The molecule has 0 spiro atoms. The van der Waals surface area contributed by atoms with Gasteiger partial charge in [-0.3, -0.25) is 19.7 Å². The number of aromatic nitrogens is 4. The summed E-state index contributed by atoms with van der Waals surface area (Å²) in [6, 6.07) is 9.39. The van der Waals surface area contributed by atoms with Crippen LogP contribution in [-0.2, 0) is 0 Å². The highest BCUT2D eigenvalue weighted by Crippen LogP contribution is 2.27. The number of hydrogen-bond donors (Lipinski definition) is 2. The number of rotatable bonds is 5. The van der Waals surface area contributed by atoms with Crippen LogP contribution in [0.1, 0.15) is 41.5 Å². The molecule has 0 bridgehead atoms. The standard InChI is InChI=1S/C24H24N6O/c1-14(2)21-8-16(5-6-26-21)24(31)30-19-9-20(15(3)27-13-19)17-7-18-12-29-23(25-4)10-22(18)28-11-17/h5-14H,1-4H3,(H,25,29)(H,30,31). The average molecular weight is 412 g/mol. The summed E-state index contributed by atoms with van der Waals surface area (Å²) >= 11 is 0. The van der Waals surface area contributed by atoms with E-state index in [9.17, 15) is 4.79 Å². The molecule has 4 aromatic rings. The van der Waals surface area contributed by atoms with Crippen molar-refractivity contribution in [3.05, 3.63) is 72.1 Å². The molecule has 31 heavy (non-hydrogen) atoms. The summed E-state index contributed by atoms with van der Waals surface area (Å²) < 4.78 is 0. The van der Waals surface area contributed by atoms with Crippen molar-refractivity contribution in [3.63, 3.8) is 0 Å². The van der Waals surface area contributed by atoms with E-state index < -0.39 is 0 Å². The number of carbonyl (C=O) groups excluding carboxylic acids is 1. The topological polar surface area (TPSA) is 92.7 Å². The highest BCUT2D eigenvalue weighted by Gasteiger charge is 2.12. The number of anilines is 2. The smallest absolute Gasteiger partial charge is 0.255 e. The van der Waals surface area contributed by atoms with Gasteiger partial charge in [0.1, 0.15) is 5.82 Å². The lowest BCUT2D eigenvalue weighted by molar-refractivity contribution is 0.102. The van der Waals surface area contributed by atoms with Crippen LogP contribution in [0.3, 0.4) is 0 Å². The summed E-state index contributed by atoms with van der Waals surface area (Å²) in [4.78, 5) is 30.5. The minimum Gasteiger partial charge on any atom is -0.373 e. The summed E-state index contributed by atoms with van der Waals surface area (Å²) in [5.74, 6) is 0.827. The van der Waals surface area contributed by atoms with Crippen LogP contribution in [-0.4, -0.2) is 32.9 Å². The van der Waals surface area contributed by atoms with Crippen LogP contribution < -0.4 is 10.6 Å². The van der Waals surface area contributed by atoms with Crippen LogP contribution in [0.15, 0.2) is 55.1 Å². The molecule has 7 nitrogen and oxygen atoms in total. The van der Waals surface area contributed by atoms with E-state index >= 15 is 0 Å².